The largest absolute Gasteiger partial charge is 0.497 e. The van der Waals surface area contributed by atoms with Crippen LogP contribution in [0.15, 0.2) is 91.1 Å². The number of fused-ring (bicyclic) bond motifs is 1. The van der Waals surface area contributed by atoms with Gasteiger partial charge < -0.3 is 19.5 Å². The van der Waals surface area contributed by atoms with E-state index < -0.39 is 0 Å². The Morgan fingerprint density at radius 3 is 2.49 bits per heavy atom. The van der Waals surface area contributed by atoms with Crippen molar-refractivity contribution in [2.45, 2.75) is 13.2 Å². The fourth-order valence-corrected chi connectivity index (χ4v) is 5.77. The minimum absolute atomic E-state index is 0.493. The van der Waals surface area contributed by atoms with Gasteiger partial charge in [-0.1, -0.05) is 42.5 Å². The number of benzene rings is 3. The van der Waals surface area contributed by atoms with Gasteiger partial charge in [0.15, 0.2) is 0 Å². The Morgan fingerprint density at radius 2 is 1.69 bits per heavy atom. The van der Waals surface area contributed by atoms with Crippen molar-refractivity contribution in [1.82, 2.24) is 9.88 Å². The molecule has 1 N–H and O–H groups in total. The second-order valence-electron chi connectivity index (χ2n) is 9.56. The molecule has 3 aromatic carbocycles. The molecule has 198 valence electrons. The first-order chi connectivity index (χ1) is 19.2. The SMILES string of the molecule is COc1ccc(COc2cccc(Nc3ccnc4cc(-c5ccc(CN6CCOCC6)cc5)sc34)c2)cc1. The third-order valence-corrected chi connectivity index (χ3v) is 8.04. The van der Waals surface area contributed by atoms with Gasteiger partial charge in [-0.3, -0.25) is 9.88 Å². The highest BCUT2D eigenvalue weighted by Crippen LogP contribution is 2.38. The lowest BCUT2D eigenvalue weighted by Crippen LogP contribution is -2.35. The molecule has 0 unspecified atom stereocenters. The topological polar surface area (TPSA) is 55.9 Å². The normalized spacial score (nSPS) is 13.9. The molecule has 3 heterocycles. The summed E-state index contributed by atoms with van der Waals surface area (Å²) in [5.41, 5.74) is 6.62. The minimum Gasteiger partial charge on any atom is -0.497 e. The minimum atomic E-state index is 0.493. The zero-order chi connectivity index (χ0) is 26.4. The molecule has 1 aliphatic heterocycles. The van der Waals surface area contributed by atoms with Crippen LogP contribution in [0.2, 0.25) is 0 Å². The number of anilines is 2. The van der Waals surface area contributed by atoms with E-state index in [9.17, 15) is 0 Å². The summed E-state index contributed by atoms with van der Waals surface area (Å²) in [4.78, 5) is 8.29. The number of hydrogen-bond acceptors (Lipinski definition) is 7. The molecule has 1 fully saturated rings. The first-order valence-corrected chi connectivity index (χ1v) is 14.0. The number of nitrogens with zero attached hydrogens (tertiary/aromatic N) is 2. The van der Waals surface area contributed by atoms with Crippen LogP contribution in [-0.2, 0) is 17.9 Å². The summed E-state index contributed by atoms with van der Waals surface area (Å²) < 4.78 is 17.9. The van der Waals surface area contributed by atoms with Gasteiger partial charge in [0.1, 0.15) is 18.1 Å². The van der Waals surface area contributed by atoms with Crippen LogP contribution in [0.5, 0.6) is 11.5 Å². The van der Waals surface area contributed by atoms with E-state index in [1.807, 2.05) is 60.8 Å². The molecule has 1 saturated heterocycles. The maximum absolute atomic E-state index is 6.05. The molecule has 0 saturated carbocycles. The Hall–Kier alpha value is -3.91. The number of aromatic nitrogens is 1. The maximum atomic E-state index is 6.05. The summed E-state index contributed by atoms with van der Waals surface area (Å²) in [6.45, 7) is 5.10. The summed E-state index contributed by atoms with van der Waals surface area (Å²) in [5.74, 6) is 1.65. The van der Waals surface area contributed by atoms with E-state index in [0.717, 1.165) is 71.5 Å². The van der Waals surface area contributed by atoms with Crippen molar-refractivity contribution in [3.05, 3.63) is 102 Å². The molecule has 6 rings (SSSR count). The molecule has 0 spiro atoms. The van der Waals surface area contributed by atoms with E-state index in [1.54, 1.807) is 18.4 Å². The van der Waals surface area contributed by atoms with Gasteiger partial charge in [0.05, 0.1) is 36.2 Å². The summed E-state index contributed by atoms with van der Waals surface area (Å²) in [7, 11) is 1.67. The van der Waals surface area contributed by atoms with Crippen molar-refractivity contribution in [2.24, 2.45) is 0 Å². The second-order valence-corrected chi connectivity index (χ2v) is 10.6. The highest BCUT2D eigenvalue weighted by atomic mass is 32.1. The van der Waals surface area contributed by atoms with E-state index in [1.165, 1.54) is 16.0 Å². The standard InChI is InChI=1S/C32H31N3O3S/c1-36-27-11-7-24(8-12-27)22-38-28-4-2-3-26(19-28)34-29-13-14-33-30-20-31(39-32(29)30)25-9-5-23(6-10-25)21-35-15-17-37-18-16-35/h2-14,19-20H,15-18,21-22H2,1H3,(H,33,34). The third kappa shape index (κ3) is 6.23. The van der Waals surface area contributed by atoms with Gasteiger partial charge in [0, 0.05) is 42.5 Å². The van der Waals surface area contributed by atoms with Gasteiger partial charge in [-0.2, -0.15) is 0 Å². The molecular weight excluding hydrogens is 506 g/mol. The predicted octanol–water partition coefficient (Wildman–Crippen LogP) is 7.13. The van der Waals surface area contributed by atoms with Crippen molar-refractivity contribution in [3.8, 4) is 21.9 Å². The fraction of sp³-hybridized carbons (Fsp3) is 0.219. The summed E-state index contributed by atoms with van der Waals surface area (Å²) in [6, 6.07) is 29.1. The Kier molecular flexibility index (Phi) is 7.72. The lowest BCUT2D eigenvalue weighted by molar-refractivity contribution is 0.0342. The average Bonchev–Trinajstić information content (AvgIpc) is 3.43. The second kappa shape index (κ2) is 11.9. The number of hydrogen-bond donors (Lipinski definition) is 1. The molecule has 7 heteroatoms. The Bertz CT molecular complexity index is 1530. The van der Waals surface area contributed by atoms with Crippen LogP contribution in [-0.4, -0.2) is 43.3 Å². The Morgan fingerprint density at radius 1 is 0.897 bits per heavy atom. The van der Waals surface area contributed by atoms with Gasteiger partial charge in [-0.25, -0.2) is 0 Å². The molecular formula is C32H31N3O3S. The van der Waals surface area contributed by atoms with Gasteiger partial charge in [0.25, 0.3) is 0 Å². The zero-order valence-corrected chi connectivity index (χ0v) is 22.7. The van der Waals surface area contributed by atoms with Crippen molar-refractivity contribution >= 4 is 32.9 Å². The lowest BCUT2D eigenvalue weighted by atomic mass is 10.1. The van der Waals surface area contributed by atoms with Crippen LogP contribution in [0, 0.1) is 0 Å². The molecule has 6 nitrogen and oxygen atoms in total. The highest BCUT2D eigenvalue weighted by Gasteiger charge is 2.13. The first-order valence-electron chi connectivity index (χ1n) is 13.1. The first kappa shape index (κ1) is 25.4. The van der Waals surface area contributed by atoms with Crippen LogP contribution in [0.4, 0.5) is 11.4 Å². The van der Waals surface area contributed by atoms with Gasteiger partial charge in [0.2, 0.25) is 0 Å². The van der Waals surface area contributed by atoms with Crippen LogP contribution in [0.1, 0.15) is 11.1 Å². The Labute approximate surface area is 232 Å². The monoisotopic (exact) mass is 537 g/mol. The molecule has 0 atom stereocenters. The van der Waals surface area contributed by atoms with Crippen molar-refractivity contribution < 1.29 is 14.2 Å². The molecule has 0 aliphatic carbocycles. The van der Waals surface area contributed by atoms with E-state index in [2.05, 4.69) is 45.5 Å². The van der Waals surface area contributed by atoms with Gasteiger partial charge in [-0.05, 0) is 53.1 Å². The quantitative estimate of drug-likeness (QED) is 0.216. The number of rotatable bonds is 9. The molecule has 0 amide bonds. The number of morpholine rings is 1. The summed E-state index contributed by atoms with van der Waals surface area (Å²) >= 11 is 1.76. The predicted molar refractivity (Wildman–Crippen MR) is 158 cm³/mol. The fourth-order valence-electron chi connectivity index (χ4n) is 4.68. The van der Waals surface area contributed by atoms with E-state index in [0.29, 0.717) is 6.61 Å². The van der Waals surface area contributed by atoms with Gasteiger partial charge in [-0.15, -0.1) is 11.3 Å². The van der Waals surface area contributed by atoms with E-state index in [-0.39, 0.29) is 0 Å². The molecule has 0 radical (unpaired) electrons. The smallest absolute Gasteiger partial charge is 0.121 e. The van der Waals surface area contributed by atoms with Crippen LogP contribution in [0.3, 0.4) is 0 Å². The molecule has 0 bridgehead atoms. The van der Waals surface area contributed by atoms with Crippen LogP contribution in [0.25, 0.3) is 20.7 Å². The van der Waals surface area contributed by atoms with Crippen molar-refractivity contribution in [2.75, 3.05) is 38.7 Å². The summed E-state index contributed by atoms with van der Waals surface area (Å²) in [6.07, 6.45) is 1.86. The number of thiophene rings is 1. The Balaban J connectivity index is 1.15. The molecule has 39 heavy (non-hydrogen) atoms. The lowest BCUT2D eigenvalue weighted by Gasteiger charge is -2.26. The van der Waals surface area contributed by atoms with E-state index >= 15 is 0 Å². The van der Waals surface area contributed by atoms with E-state index in [4.69, 9.17) is 14.2 Å². The molecule has 1 aliphatic rings. The molecule has 2 aromatic heterocycles. The number of nitrogens with one attached hydrogen (secondary N) is 1. The average molecular weight is 538 g/mol. The zero-order valence-electron chi connectivity index (χ0n) is 21.9. The van der Waals surface area contributed by atoms with Gasteiger partial charge >= 0.3 is 0 Å². The number of methoxy groups -OCH3 is 1. The maximum Gasteiger partial charge on any atom is 0.121 e. The number of ether oxygens (including phenoxy) is 3. The van der Waals surface area contributed by atoms with Crippen molar-refractivity contribution in [3.63, 3.8) is 0 Å². The van der Waals surface area contributed by atoms with Crippen LogP contribution >= 0.6 is 11.3 Å². The summed E-state index contributed by atoms with van der Waals surface area (Å²) in [5, 5.41) is 3.58. The van der Waals surface area contributed by atoms with Crippen molar-refractivity contribution in [1.29, 1.82) is 0 Å². The third-order valence-electron chi connectivity index (χ3n) is 6.84. The highest BCUT2D eigenvalue weighted by molar-refractivity contribution is 7.22. The number of pyridine rings is 1. The molecule has 5 aromatic rings. The van der Waals surface area contributed by atoms with Crippen LogP contribution < -0.4 is 14.8 Å².